The summed E-state index contributed by atoms with van der Waals surface area (Å²) in [6.07, 6.45) is 0.255. The highest BCUT2D eigenvalue weighted by atomic mass is 16.6. The van der Waals surface area contributed by atoms with Crippen LogP contribution >= 0.6 is 0 Å². The number of esters is 2. The second-order valence-electron chi connectivity index (χ2n) is 8.18. The van der Waals surface area contributed by atoms with Crippen molar-refractivity contribution in [1.82, 2.24) is 0 Å². The number of hydrogen-bond donors (Lipinski definition) is 0. The van der Waals surface area contributed by atoms with Crippen molar-refractivity contribution in [2.24, 2.45) is 0 Å². The van der Waals surface area contributed by atoms with Gasteiger partial charge in [-0.15, -0.1) is 0 Å². The van der Waals surface area contributed by atoms with Crippen molar-refractivity contribution in [3.05, 3.63) is 34.9 Å². The summed E-state index contributed by atoms with van der Waals surface area (Å²) in [5.74, 6) is -1.08. The Kier molecular flexibility index (Phi) is 7.39. The summed E-state index contributed by atoms with van der Waals surface area (Å²) in [5, 5.41) is 0. The van der Waals surface area contributed by atoms with Crippen molar-refractivity contribution in [3.8, 4) is 0 Å². The summed E-state index contributed by atoms with van der Waals surface area (Å²) in [6, 6.07) is 5.22. The Morgan fingerprint density at radius 3 is 2.15 bits per heavy atom. The Morgan fingerprint density at radius 1 is 1.04 bits per heavy atom. The van der Waals surface area contributed by atoms with Crippen molar-refractivity contribution < 1.29 is 23.8 Å². The molecule has 0 bridgehead atoms. The Labute approximate surface area is 157 Å². The van der Waals surface area contributed by atoms with Gasteiger partial charge in [-0.3, -0.25) is 0 Å². The van der Waals surface area contributed by atoms with Gasteiger partial charge in [0.1, 0.15) is 11.7 Å². The topological polar surface area (TPSA) is 61.8 Å². The van der Waals surface area contributed by atoms with E-state index in [1.165, 1.54) is 0 Å². The van der Waals surface area contributed by atoms with E-state index < -0.39 is 23.6 Å². The minimum atomic E-state index is -0.607. The maximum Gasteiger partial charge on any atom is 0.339 e. The summed E-state index contributed by atoms with van der Waals surface area (Å²) in [5.41, 5.74) is 0.601. The van der Waals surface area contributed by atoms with Crippen molar-refractivity contribution in [3.63, 3.8) is 0 Å². The molecule has 26 heavy (non-hydrogen) atoms. The molecule has 1 unspecified atom stereocenters. The van der Waals surface area contributed by atoms with Gasteiger partial charge in [-0.2, -0.15) is 0 Å². The molecule has 0 saturated heterocycles. The van der Waals surface area contributed by atoms with Crippen LogP contribution in [0.1, 0.15) is 81.2 Å². The molecule has 5 nitrogen and oxygen atoms in total. The number of carbonyl (C=O) groups is 2. The first-order valence-electron chi connectivity index (χ1n) is 8.99. The van der Waals surface area contributed by atoms with E-state index in [1.807, 2.05) is 47.6 Å². The summed E-state index contributed by atoms with van der Waals surface area (Å²) < 4.78 is 16.0. The number of ether oxygens (including phenoxy) is 3. The molecule has 1 aromatic rings. The van der Waals surface area contributed by atoms with Crippen LogP contribution in [0.4, 0.5) is 0 Å². The van der Waals surface area contributed by atoms with Gasteiger partial charge in [-0.05, 0) is 50.3 Å². The van der Waals surface area contributed by atoms with Gasteiger partial charge in [0.05, 0.1) is 17.7 Å². The van der Waals surface area contributed by atoms with Crippen LogP contribution in [-0.2, 0) is 19.6 Å². The van der Waals surface area contributed by atoms with Crippen LogP contribution in [-0.4, -0.2) is 37.4 Å². The normalized spacial score (nSPS) is 13.2. The van der Waals surface area contributed by atoms with E-state index in [4.69, 9.17) is 14.2 Å². The summed E-state index contributed by atoms with van der Waals surface area (Å²) in [6.45, 7) is 13.8. The third-order valence-electron chi connectivity index (χ3n) is 4.26. The monoisotopic (exact) mass is 364 g/mol. The highest BCUT2D eigenvalue weighted by Gasteiger charge is 2.28. The maximum atomic E-state index is 12.7. The zero-order valence-corrected chi connectivity index (χ0v) is 17.3. The average Bonchev–Trinajstić information content (AvgIpc) is 2.53. The van der Waals surface area contributed by atoms with Gasteiger partial charge in [0.25, 0.3) is 0 Å². The third-order valence-corrected chi connectivity index (χ3v) is 4.26. The SMILES string of the molecule is CCC(C)(C)OC(=O)c1ccc(C(C)(C)C)cc1C(=O)OC(C)COC. The maximum absolute atomic E-state index is 12.7. The van der Waals surface area contributed by atoms with Crippen LogP contribution < -0.4 is 0 Å². The van der Waals surface area contributed by atoms with E-state index in [9.17, 15) is 9.59 Å². The molecule has 0 amide bonds. The summed E-state index contributed by atoms with van der Waals surface area (Å²) in [4.78, 5) is 25.3. The molecule has 0 aromatic heterocycles. The van der Waals surface area contributed by atoms with Crippen molar-refractivity contribution in [2.75, 3.05) is 13.7 Å². The van der Waals surface area contributed by atoms with Gasteiger partial charge >= 0.3 is 11.9 Å². The summed E-state index contributed by atoms with van der Waals surface area (Å²) >= 11 is 0. The second kappa shape index (κ2) is 8.67. The molecular formula is C21H32O5. The molecule has 1 aromatic carbocycles. The van der Waals surface area contributed by atoms with Gasteiger partial charge in [0, 0.05) is 7.11 Å². The zero-order valence-electron chi connectivity index (χ0n) is 17.3. The van der Waals surface area contributed by atoms with Crippen LogP contribution in [0, 0.1) is 0 Å². The number of hydrogen-bond acceptors (Lipinski definition) is 5. The zero-order chi connectivity index (χ0) is 20.1. The number of carbonyl (C=O) groups excluding carboxylic acids is 2. The largest absolute Gasteiger partial charge is 0.457 e. The lowest BCUT2D eigenvalue weighted by Crippen LogP contribution is -2.29. The Morgan fingerprint density at radius 2 is 1.65 bits per heavy atom. The third kappa shape index (κ3) is 6.13. The molecule has 1 atom stereocenters. The van der Waals surface area contributed by atoms with Gasteiger partial charge in [0.15, 0.2) is 0 Å². The minimum Gasteiger partial charge on any atom is -0.457 e. The molecule has 0 aliphatic heterocycles. The standard InChI is InChI=1S/C21H32O5/c1-9-21(6,7)26-19(23)16-11-10-15(20(3,4)5)12-17(16)18(22)25-14(2)13-24-8/h10-12,14H,9,13H2,1-8H3. The quantitative estimate of drug-likeness (QED) is 0.666. The number of rotatable bonds is 7. The van der Waals surface area contributed by atoms with Crippen molar-refractivity contribution >= 4 is 11.9 Å². The fourth-order valence-electron chi connectivity index (χ4n) is 2.25. The molecule has 1 rings (SSSR count). The molecule has 146 valence electrons. The van der Waals surface area contributed by atoms with Crippen LogP contribution in [0.3, 0.4) is 0 Å². The van der Waals surface area contributed by atoms with E-state index in [1.54, 1.807) is 26.2 Å². The fourth-order valence-corrected chi connectivity index (χ4v) is 2.25. The predicted octanol–water partition coefficient (Wildman–Crippen LogP) is 4.52. The summed E-state index contributed by atoms with van der Waals surface area (Å²) in [7, 11) is 1.54. The van der Waals surface area contributed by atoms with Crippen LogP contribution in [0.5, 0.6) is 0 Å². The molecule has 0 spiro atoms. The highest BCUT2D eigenvalue weighted by molar-refractivity contribution is 6.03. The van der Waals surface area contributed by atoms with Gasteiger partial charge in [0.2, 0.25) is 0 Å². The Balaban J connectivity index is 3.28. The lowest BCUT2D eigenvalue weighted by molar-refractivity contribution is -0.00369. The molecule has 0 N–H and O–H groups in total. The first-order chi connectivity index (χ1) is 11.9. The van der Waals surface area contributed by atoms with Crippen molar-refractivity contribution in [1.29, 1.82) is 0 Å². The lowest BCUT2D eigenvalue weighted by Gasteiger charge is -2.25. The van der Waals surface area contributed by atoms with Crippen molar-refractivity contribution in [2.45, 2.75) is 72.0 Å². The molecule has 0 aliphatic rings. The van der Waals surface area contributed by atoms with E-state index in [2.05, 4.69) is 0 Å². The first-order valence-corrected chi connectivity index (χ1v) is 8.99. The molecule has 0 radical (unpaired) electrons. The molecule has 0 heterocycles. The molecule has 0 saturated carbocycles. The Bertz CT molecular complexity index is 640. The molecular weight excluding hydrogens is 332 g/mol. The van der Waals surface area contributed by atoms with E-state index in [0.717, 1.165) is 5.56 Å². The fraction of sp³-hybridized carbons (Fsp3) is 0.619. The van der Waals surface area contributed by atoms with E-state index in [0.29, 0.717) is 6.42 Å². The highest BCUT2D eigenvalue weighted by Crippen LogP contribution is 2.27. The number of benzene rings is 1. The first kappa shape index (κ1) is 22.2. The van der Waals surface area contributed by atoms with Crippen LogP contribution in [0.2, 0.25) is 0 Å². The van der Waals surface area contributed by atoms with E-state index >= 15 is 0 Å². The average molecular weight is 364 g/mol. The molecule has 0 fully saturated rings. The minimum absolute atomic E-state index is 0.168. The smallest absolute Gasteiger partial charge is 0.339 e. The Hall–Kier alpha value is -1.88. The predicted molar refractivity (Wildman–Crippen MR) is 102 cm³/mol. The van der Waals surface area contributed by atoms with Gasteiger partial charge in [-0.25, -0.2) is 9.59 Å². The van der Waals surface area contributed by atoms with Gasteiger partial charge in [-0.1, -0.05) is 33.8 Å². The lowest BCUT2D eigenvalue weighted by atomic mass is 9.85. The van der Waals surface area contributed by atoms with Gasteiger partial charge < -0.3 is 14.2 Å². The molecule has 0 aliphatic carbocycles. The molecule has 5 heteroatoms. The second-order valence-corrected chi connectivity index (χ2v) is 8.18. The number of methoxy groups -OCH3 is 1. The van der Waals surface area contributed by atoms with E-state index in [-0.39, 0.29) is 23.1 Å². The van der Waals surface area contributed by atoms with Crippen LogP contribution in [0.25, 0.3) is 0 Å². The van der Waals surface area contributed by atoms with Crippen LogP contribution in [0.15, 0.2) is 18.2 Å².